The molecule has 1 heterocycles. The Morgan fingerprint density at radius 1 is 1.08 bits per heavy atom. The van der Waals surface area contributed by atoms with Gasteiger partial charge in [-0.15, -0.1) is 0 Å². The van der Waals surface area contributed by atoms with Crippen LogP contribution in [0.4, 0.5) is 5.82 Å². The van der Waals surface area contributed by atoms with Gasteiger partial charge in [0.2, 0.25) is 0 Å². The largest absolute Gasteiger partial charge is 0.396 e. The van der Waals surface area contributed by atoms with Gasteiger partial charge >= 0.3 is 0 Å². The summed E-state index contributed by atoms with van der Waals surface area (Å²) in [6.07, 6.45) is 2.32. The first-order valence-electron chi connectivity index (χ1n) is 8.32. The van der Waals surface area contributed by atoms with Crippen molar-refractivity contribution in [3.05, 3.63) is 66.0 Å². The number of hydrogen-bond acceptors (Lipinski definition) is 4. The van der Waals surface area contributed by atoms with E-state index in [0.717, 1.165) is 23.3 Å². The predicted octanol–water partition coefficient (Wildman–Crippen LogP) is 3.72. The summed E-state index contributed by atoms with van der Waals surface area (Å²) in [5.41, 5.74) is 3.36. The first kappa shape index (κ1) is 16.4. The van der Waals surface area contributed by atoms with E-state index >= 15 is 0 Å². The molecule has 1 N–H and O–H groups in total. The molecule has 0 bridgehead atoms. The molecule has 124 valence electrons. The molecule has 0 saturated heterocycles. The Morgan fingerprint density at radius 2 is 1.88 bits per heavy atom. The highest BCUT2D eigenvalue weighted by molar-refractivity contribution is 5.89. The Balaban J connectivity index is 2.06. The second-order valence-electron chi connectivity index (χ2n) is 6.19. The Hall–Kier alpha value is -2.46. The second-order valence-corrected chi connectivity index (χ2v) is 6.19. The van der Waals surface area contributed by atoms with Crippen LogP contribution in [0, 0.1) is 6.92 Å². The fourth-order valence-corrected chi connectivity index (χ4v) is 2.95. The zero-order chi connectivity index (χ0) is 16.9. The van der Waals surface area contributed by atoms with Crippen molar-refractivity contribution in [1.29, 1.82) is 0 Å². The minimum atomic E-state index is 0.161. The van der Waals surface area contributed by atoms with Gasteiger partial charge in [-0.1, -0.05) is 42.0 Å². The van der Waals surface area contributed by atoms with Crippen molar-refractivity contribution in [3.8, 4) is 0 Å². The highest BCUT2D eigenvalue weighted by atomic mass is 16.3. The molecule has 0 fully saturated rings. The predicted molar refractivity (Wildman–Crippen MR) is 98.1 cm³/mol. The molecule has 0 aliphatic heterocycles. The Labute approximate surface area is 142 Å². The summed E-state index contributed by atoms with van der Waals surface area (Å²) in [5, 5.41) is 10.5. The zero-order valence-electron chi connectivity index (χ0n) is 14.2. The maximum Gasteiger partial charge on any atom is 0.140 e. The standard InChI is InChI=1S/C20H23N3O/c1-15-8-9-19-18(12-15)20(22-14-21-19)23(16(2)10-11-24)13-17-6-4-3-5-7-17/h3-9,12,14,16,24H,10-11,13H2,1-2H3. The van der Waals surface area contributed by atoms with E-state index in [4.69, 9.17) is 0 Å². The van der Waals surface area contributed by atoms with Crippen LogP contribution in [0.15, 0.2) is 54.9 Å². The summed E-state index contributed by atoms with van der Waals surface area (Å²) in [5.74, 6) is 0.925. The van der Waals surface area contributed by atoms with Gasteiger partial charge in [0.05, 0.1) is 5.52 Å². The van der Waals surface area contributed by atoms with Crippen molar-refractivity contribution in [2.45, 2.75) is 32.9 Å². The molecule has 3 aromatic rings. The summed E-state index contributed by atoms with van der Waals surface area (Å²) in [4.78, 5) is 11.2. The van der Waals surface area contributed by atoms with Gasteiger partial charge in [-0.25, -0.2) is 9.97 Å². The van der Waals surface area contributed by atoms with Crippen LogP contribution >= 0.6 is 0 Å². The van der Waals surface area contributed by atoms with Crippen LogP contribution in [0.5, 0.6) is 0 Å². The van der Waals surface area contributed by atoms with Crippen molar-refractivity contribution in [2.75, 3.05) is 11.5 Å². The molecule has 3 rings (SSSR count). The Bertz CT molecular complexity index is 804. The number of anilines is 1. The van der Waals surface area contributed by atoms with Crippen molar-refractivity contribution < 1.29 is 5.11 Å². The lowest BCUT2D eigenvalue weighted by Gasteiger charge is -2.31. The van der Waals surface area contributed by atoms with E-state index in [1.54, 1.807) is 6.33 Å². The maximum atomic E-state index is 9.40. The molecule has 1 atom stereocenters. The van der Waals surface area contributed by atoms with E-state index in [9.17, 15) is 5.11 Å². The number of nitrogens with zero attached hydrogens (tertiary/aromatic N) is 3. The normalized spacial score (nSPS) is 12.3. The number of rotatable bonds is 6. The number of aryl methyl sites for hydroxylation is 1. The van der Waals surface area contributed by atoms with Gasteiger partial charge in [0.25, 0.3) is 0 Å². The number of aliphatic hydroxyl groups is 1. The molecule has 4 nitrogen and oxygen atoms in total. The van der Waals surface area contributed by atoms with Crippen molar-refractivity contribution in [3.63, 3.8) is 0 Å². The number of aromatic nitrogens is 2. The van der Waals surface area contributed by atoms with Crippen molar-refractivity contribution >= 4 is 16.7 Å². The lowest BCUT2D eigenvalue weighted by atomic mass is 10.1. The summed E-state index contributed by atoms with van der Waals surface area (Å²) in [7, 11) is 0. The topological polar surface area (TPSA) is 49.2 Å². The molecule has 0 radical (unpaired) electrons. The highest BCUT2D eigenvalue weighted by Crippen LogP contribution is 2.27. The molecule has 0 spiro atoms. The van der Waals surface area contributed by atoms with Gasteiger partial charge in [-0.05, 0) is 38.0 Å². The lowest BCUT2D eigenvalue weighted by Crippen LogP contribution is -2.34. The van der Waals surface area contributed by atoms with Gasteiger partial charge in [-0.2, -0.15) is 0 Å². The van der Waals surface area contributed by atoms with Crippen LogP contribution in [0.3, 0.4) is 0 Å². The quantitative estimate of drug-likeness (QED) is 0.752. The Kier molecular flexibility index (Phi) is 5.06. The highest BCUT2D eigenvalue weighted by Gasteiger charge is 2.19. The third-order valence-electron chi connectivity index (χ3n) is 4.32. The van der Waals surface area contributed by atoms with Gasteiger partial charge in [0.1, 0.15) is 12.1 Å². The average molecular weight is 321 g/mol. The van der Waals surface area contributed by atoms with E-state index in [1.165, 1.54) is 11.1 Å². The van der Waals surface area contributed by atoms with E-state index in [1.807, 2.05) is 24.3 Å². The first-order valence-corrected chi connectivity index (χ1v) is 8.32. The number of benzene rings is 2. The monoisotopic (exact) mass is 321 g/mol. The van der Waals surface area contributed by atoms with Gasteiger partial charge < -0.3 is 10.0 Å². The number of fused-ring (bicyclic) bond motifs is 1. The van der Waals surface area contributed by atoms with Crippen LogP contribution in [-0.2, 0) is 6.54 Å². The van der Waals surface area contributed by atoms with E-state index in [2.05, 4.69) is 53.0 Å². The fraction of sp³-hybridized carbons (Fsp3) is 0.300. The maximum absolute atomic E-state index is 9.40. The van der Waals surface area contributed by atoms with Gasteiger partial charge in [0.15, 0.2) is 0 Å². The van der Waals surface area contributed by atoms with Gasteiger partial charge in [0, 0.05) is 24.6 Å². The first-order chi connectivity index (χ1) is 11.7. The molecule has 4 heteroatoms. The third kappa shape index (κ3) is 3.54. The molecule has 24 heavy (non-hydrogen) atoms. The molecule has 1 aromatic heterocycles. The average Bonchev–Trinajstić information content (AvgIpc) is 2.60. The molecule has 0 amide bonds. The van der Waals surface area contributed by atoms with Crippen LogP contribution in [0.25, 0.3) is 10.9 Å². The van der Waals surface area contributed by atoms with Crippen LogP contribution in [0.1, 0.15) is 24.5 Å². The van der Waals surface area contributed by atoms with E-state index in [0.29, 0.717) is 6.42 Å². The number of aliphatic hydroxyl groups excluding tert-OH is 1. The SMILES string of the molecule is Cc1ccc2ncnc(N(Cc3ccccc3)C(C)CCO)c2c1. The molecule has 0 aliphatic rings. The van der Waals surface area contributed by atoms with E-state index in [-0.39, 0.29) is 12.6 Å². The minimum absolute atomic E-state index is 0.161. The van der Waals surface area contributed by atoms with Gasteiger partial charge in [-0.3, -0.25) is 0 Å². The summed E-state index contributed by atoms with van der Waals surface area (Å²) < 4.78 is 0. The van der Waals surface area contributed by atoms with Crippen molar-refractivity contribution in [1.82, 2.24) is 9.97 Å². The summed E-state index contributed by atoms with van der Waals surface area (Å²) in [6.45, 7) is 5.12. The Morgan fingerprint density at radius 3 is 2.62 bits per heavy atom. The molecular formula is C20H23N3O. The minimum Gasteiger partial charge on any atom is -0.396 e. The molecular weight excluding hydrogens is 298 g/mol. The molecule has 0 saturated carbocycles. The zero-order valence-corrected chi connectivity index (χ0v) is 14.2. The number of hydrogen-bond donors (Lipinski definition) is 1. The lowest BCUT2D eigenvalue weighted by molar-refractivity contribution is 0.275. The third-order valence-corrected chi connectivity index (χ3v) is 4.32. The smallest absolute Gasteiger partial charge is 0.140 e. The van der Waals surface area contributed by atoms with E-state index < -0.39 is 0 Å². The molecule has 0 aliphatic carbocycles. The van der Waals surface area contributed by atoms with Crippen molar-refractivity contribution in [2.24, 2.45) is 0 Å². The fourth-order valence-electron chi connectivity index (χ4n) is 2.95. The second kappa shape index (κ2) is 7.41. The summed E-state index contributed by atoms with van der Waals surface area (Å²) in [6, 6.07) is 16.8. The molecule has 2 aromatic carbocycles. The summed E-state index contributed by atoms with van der Waals surface area (Å²) >= 11 is 0. The van der Waals surface area contributed by atoms with Crippen LogP contribution in [0.2, 0.25) is 0 Å². The van der Waals surface area contributed by atoms with Crippen LogP contribution < -0.4 is 4.90 Å². The molecule has 1 unspecified atom stereocenters. The van der Waals surface area contributed by atoms with Crippen LogP contribution in [-0.4, -0.2) is 27.7 Å².